The van der Waals surface area contributed by atoms with Crippen LogP contribution in [0.25, 0.3) is 17.1 Å². The molecule has 0 spiro atoms. The number of rotatable bonds is 6. The number of benzene rings is 2. The third-order valence-electron chi connectivity index (χ3n) is 3.73. The molecule has 0 bridgehead atoms. The molecule has 2 heterocycles. The van der Waals surface area contributed by atoms with Crippen LogP contribution in [0, 0.1) is 0 Å². The normalized spacial score (nSPS) is 10.8. The van der Waals surface area contributed by atoms with E-state index in [0.29, 0.717) is 39.0 Å². The van der Waals surface area contributed by atoms with Gasteiger partial charge in [-0.3, -0.25) is 4.79 Å². The molecule has 1 amide bonds. The van der Waals surface area contributed by atoms with E-state index in [4.69, 9.17) is 16.1 Å². The number of nitrogens with zero attached hydrogens (tertiary/aromatic N) is 6. The van der Waals surface area contributed by atoms with E-state index in [-0.39, 0.29) is 5.91 Å². The number of hydrogen-bond donors (Lipinski definition) is 1. The number of hydrogen-bond acceptors (Lipinski definition) is 8. The Morgan fingerprint density at radius 1 is 1.24 bits per heavy atom. The van der Waals surface area contributed by atoms with Crippen molar-refractivity contribution in [3.8, 4) is 17.1 Å². The van der Waals surface area contributed by atoms with Gasteiger partial charge in [-0.2, -0.15) is 9.67 Å². The zero-order valence-corrected chi connectivity index (χ0v) is 16.7. The predicted molar refractivity (Wildman–Crippen MR) is 108 cm³/mol. The Labute approximate surface area is 174 Å². The van der Waals surface area contributed by atoms with Crippen LogP contribution in [0.3, 0.4) is 0 Å². The first-order valence-electron chi connectivity index (χ1n) is 8.46. The lowest BCUT2D eigenvalue weighted by atomic mass is 10.2. The second-order valence-electron chi connectivity index (χ2n) is 5.92. The van der Waals surface area contributed by atoms with Crippen molar-refractivity contribution in [2.75, 3.05) is 5.32 Å². The van der Waals surface area contributed by atoms with E-state index in [9.17, 15) is 4.79 Å². The predicted octanol–water partition coefficient (Wildman–Crippen LogP) is 3.62. The van der Waals surface area contributed by atoms with Crippen molar-refractivity contribution in [3.05, 3.63) is 59.4 Å². The highest BCUT2D eigenvalue weighted by Gasteiger charge is 2.14. The largest absolute Gasteiger partial charge is 0.338 e. The molecule has 9 nitrogen and oxygen atoms in total. The monoisotopic (exact) mass is 427 g/mol. The summed E-state index contributed by atoms with van der Waals surface area (Å²) in [5.74, 6) is 1.14. The zero-order valence-electron chi connectivity index (χ0n) is 15.1. The molecular weight excluding hydrogens is 414 g/mol. The van der Waals surface area contributed by atoms with Crippen molar-refractivity contribution in [1.29, 1.82) is 0 Å². The number of halogens is 1. The summed E-state index contributed by atoms with van der Waals surface area (Å²) in [7, 11) is 0. The molecule has 0 saturated carbocycles. The van der Waals surface area contributed by atoms with Crippen LogP contribution in [0.1, 0.15) is 12.8 Å². The fourth-order valence-corrected chi connectivity index (χ4v) is 3.45. The summed E-state index contributed by atoms with van der Waals surface area (Å²) in [5, 5.41) is 19.7. The molecular formula is C18H14ClN7O2S. The number of nitrogens with one attached hydrogen (secondary N) is 1. The maximum atomic E-state index is 11.3. The summed E-state index contributed by atoms with van der Waals surface area (Å²) in [4.78, 5) is 15.7. The number of carbonyl (C=O) groups excluding carboxylic acids is 1. The van der Waals surface area contributed by atoms with Gasteiger partial charge in [-0.1, -0.05) is 46.7 Å². The van der Waals surface area contributed by atoms with E-state index in [0.717, 1.165) is 5.56 Å². The second-order valence-corrected chi connectivity index (χ2v) is 7.29. The first-order chi connectivity index (χ1) is 14.1. The van der Waals surface area contributed by atoms with Crippen molar-refractivity contribution >= 4 is 35.0 Å². The van der Waals surface area contributed by atoms with Crippen LogP contribution in [-0.4, -0.2) is 36.3 Å². The highest BCUT2D eigenvalue weighted by atomic mass is 35.5. The van der Waals surface area contributed by atoms with Gasteiger partial charge in [-0.15, -0.1) is 5.10 Å². The van der Waals surface area contributed by atoms with Crippen molar-refractivity contribution in [1.82, 2.24) is 30.3 Å². The molecule has 4 rings (SSSR count). The summed E-state index contributed by atoms with van der Waals surface area (Å²) in [6.45, 7) is 1.45. The van der Waals surface area contributed by atoms with Gasteiger partial charge < -0.3 is 9.84 Å². The fourth-order valence-electron chi connectivity index (χ4n) is 2.53. The van der Waals surface area contributed by atoms with Crippen LogP contribution in [0.15, 0.2) is 58.2 Å². The Morgan fingerprint density at radius 2 is 2.10 bits per heavy atom. The fraction of sp³-hybridized carbons (Fsp3) is 0.111. The molecule has 4 aromatic rings. The maximum Gasteiger partial charge on any atom is 0.237 e. The zero-order chi connectivity index (χ0) is 20.2. The third kappa shape index (κ3) is 4.61. The molecule has 2 aromatic heterocycles. The molecule has 0 radical (unpaired) electrons. The minimum absolute atomic E-state index is 0.152. The van der Waals surface area contributed by atoms with Crippen LogP contribution >= 0.6 is 23.4 Å². The average Bonchev–Trinajstić information content (AvgIpc) is 3.35. The lowest BCUT2D eigenvalue weighted by molar-refractivity contribution is -0.114. The molecule has 0 fully saturated rings. The topological polar surface area (TPSA) is 112 Å². The molecule has 0 unspecified atom stereocenters. The number of amides is 1. The molecule has 146 valence electrons. The summed E-state index contributed by atoms with van der Waals surface area (Å²) in [5.41, 5.74) is 2.15. The van der Waals surface area contributed by atoms with Gasteiger partial charge in [0.2, 0.25) is 22.8 Å². The molecule has 2 aromatic carbocycles. The summed E-state index contributed by atoms with van der Waals surface area (Å²) >= 11 is 7.36. The third-order valence-corrected chi connectivity index (χ3v) is 4.87. The van der Waals surface area contributed by atoms with Gasteiger partial charge in [0.05, 0.1) is 11.4 Å². The van der Waals surface area contributed by atoms with Crippen LogP contribution in [-0.2, 0) is 10.5 Å². The van der Waals surface area contributed by atoms with Crippen LogP contribution in [0.5, 0.6) is 0 Å². The average molecular weight is 428 g/mol. The smallest absolute Gasteiger partial charge is 0.237 e. The Balaban J connectivity index is 1.49. The number of carbonyl (C=O) groups is 1. The maximum absolute atomic E-state index is 11.3. The lowest BCUT2D eigenvalue weighted by Crippen LogP contribution is -2.07. The van der Waals surface area contributed by atoms with E-state index in [1.165, 1.54) is 18.7 Å². The molecule has 0 aliphatic rings. The number of thioether (sulfide) groups is 1. The standard InChI is InChI=1S/C18H14ClN7O2S/c1-11(27)20-14-6-3-7-15(9-14)26-18(22-24-25-26)29-10-16-21-17(23-28-16)12-4-2-5-13(19)8-12/h2-9H,10H2,1H3,(H,20,27). The Hall–Kier alpha value is -3.24. The van der Waals surface area contributed by atoms with Crippen molar-refractivity contribution < 1.29 is 9.32 Å². The molecule has 11 heteroatoms. The van der Waals surface area contributed by atoms with Gasteiger partial charge in [0.25, 0.3) is 0 Å². The molecule has 1 N–H and O–H groups in total. The van der Waals surface area contributed by atoms with E-state index in [1.807, 2.05) is 24.3 Å². The first kappa shape index (κ1) is 19.1. The van der Waals surface area contributed by atoms with E-state index >= 15 is 0 Å². The van der Waals surface area contributed by atoms with Gasteiger partial charge in [-0.25, -0.2) is 0 Å². The highest BCUT2D eigenvalue weighted by molar-refractivity contribution is 7.98. The number of tetrazole rings is 1. The summed E-state index contributed by atoms with van der Waals surface area (Å²) in [6.07, 6.45) is 0. The molecule has 0 aliphatic heterocycles. The van der Waals surface area contributed by atoms with Crippen LogP contribution < -0.4 is 5.32 Å². The van der Waals surface area contributed by atoms with E-state index in [1.54, 1.807) is 28.9 Å². The van der Waals surface area contributed by atoms with E-state index in [2.05, 4.69) is 31.0 Å². The summed E-state index contributed by atoms with van der Waals surface area (Å²) < 4.78 is 6.89. The van der Waals surface area contributed by atoms with Crippen LogP contribution in [0.2, 0.25) is 5.02 Å². The second kappa shape index (κ2) is 8.41. The summed E-state index contributed by atoms with van der Waals surface area (Å²) in [6, 6.07) is 14.5. The number of anilines is 1. The first-order valence-corrected chi connectivity index (χ1v) is 9.82. The lowest BCUT2D eigenvalue weighted by Gasteiger charge is -2.06. The van der Waals surface area contributed by atoms with Gasteiger partial charge in [0, 0.05) is 23.2 Å². The van der Waals surface area contributed by atoms with Crippen LogP contribution in [0.4, 0.5) is 5.69 Å². The molecule has 0 aliphatic carbocycles. The van der Waals surface area contributed by atoms with Gasteiger partial charge in [0.1, 0.15) is 0 Å². The minimum Gasteiger partial charge on any atom is -0.338 e. The van der Waals surface area contributed by atoms with E-state index < -0.39 is 0 Å². The van der Waals surface area contributed by atoms with Crippen molar-refractivity contribution in [2.45, 2.75) is 17.8 Å². The molecule has 0 atom stereocenters. The SMILES string of the molecule is CC(=O)Nc1cccc(-n2nnnc2SCc2nc(-c3cccc(Cl)c3)no2)c1. The Kier molecular flexibility index (Phi) is 5.54. The minimum atomic E-state index is -0.152. The van der Waals surface area contributed by atoms with Crippen molar-refractivity contribution in [2.24, 2.45) is 0 Å². The van der Waals surface area contributed by atoms with Crippen molar-refractivity contribution in [3.63, 3.8) is 0 Å². The highest BCUT2D eigenvalue weighted by Crippen LogP contribution is 2.25. The molecule has 0 saturated heterocycles. The Bertz CT molecular complexity index is 1160. The van der Waals surface area contributed by atoms with Gasteiger partial charge in [0.15, 0.2) is 0 Å². The van der Waals surface area contributed by atoms with Gasteiger partial charge in [-0.05, 0) is 40.8 Å². The Morgan fingerprint density at radius 3 is 2.93 bits per heavy atom. The van der Waals surface area contributed by atoms with Gasteiger partial charge >= 0.3 is 0 Å². The quantitative estimate of drug-likeness (QED) is 0.464. The number of aromatic nitrogens is 6. The molecule has 29 heavy (non-hydrogen) atoms.